The van der Waals surface area contributed by atoms with Gasteiger partial charge in [-0.2, -0.15) is 0 Å². The zero-order valence-corrected chi connectivity index (χ0v) is 10.5. The molecule has 2 heterocycles. The number of carboxylic acids is 1. The van der Waals surface area contributed by atoms with E-state index in [0.29, 0.717) is 5.01 Å². The molecule has 0 radical (unpaired) electrons. The Kier molecular flexibility index (Phi) is 3.75. The van der Waals surface area contributed by atoms with Crippen LogP contribution in [0.2, 0.25) is 0 Å². The zero-order valence-electron chi connectivity index (χ0n) is 9.73. The highest BCUT2D eigenvalue weighted by atomic mass is 32.1. The lowest BCUT2D eigenvalue weighted by molar-refractivity contribution is -0.402. The number of aromatic nitrogens is 1. The van der Waals surface area contributed by atoms with Crippen molar-refractivity contribution in [3.8, 4) is 0 Å². The van der Waals surface area contributed by atoms with E-state index < -0.39 is 22.7 Å². The fourth-order valence-electron chi connectivity index (χ4n) is 1.28. The van der Waals surface area contributed by atoms with Gasteiger partial charge >= 0.3 is 11.9 Å². The normalized spacial score (nSPS) is 10.2. The van der Waals surface area contributed by atoms with Crippen LogP contribution in [0.5, 0.6) is 0 Å². The number of carbonyl (C=O) groups excluding carboxylic acids is 1. The van der Waals surface area contributed by atoms with Crippen LogP contribution in [0.1, 0.15) is 26.1 Å². The summed E-state index contributed by atoms with van der Waals surface area (Å²) in [5.41, 5.74) is -0.104. The molecule has 0 fully saturated rings. The molecule has 0 spiro atoms. The summed E-state index contributed by atoms with van der Waals surface area (Å²) in [4.78, 5) is 35.7. The van der Waals surface area contributed by atoms with Crippen molar-refractivity contribution in [3.63, 3.8) is 0 Å². The third-order valence-electron chi connectivity index (χ3n) is 2.17. The van der Waals surface area contributed by atoms with E-state index in [4.69, 9.17) is 9.52 Å². The molecule has 0 aliphatic rings. The highest BCUT2D eigenvalue weighted by Gasteiger charge is 2.17. The molecule has 1 amide bonds. The van der Waals surface area contributed by atoms with Crippen LogP contribution in [-0.2, 0) is 6.54 Å². The van der Waals surface area contributed by atoms with E-state index in [1.165, 1.54) is 11.4 Å². The van der Waals surface area contributed by atoms with Crippen LogP contribution in [0.25, 0.3) is 0 Å². The molecule has 0 atom stereocenters. The van der Waals surface area contributed by atoms with Gasteiger partial charge < -0.3 is 14.8 Å². The summed E-state index contributed by atoms with van der Waals surface area (Å²) < 4.78 is 4.72. The molecule has 0 saturated heterocycles. The van der Waals surface area contributed by atoms with E-state index >= 15 is 0 Å². The number of furan rings is 1. The molecule has 20 heavy (non-hydrogen) atoms. The predicted molar refractivity (Wildman–Crippen MR) is 65.6 cm³/mol. The van der Waals surface area contributed by atoms with Gasteiger partial charge in [0.2, 0.25) is 0 Å². The quantitative estimate of drug-likeness (QED) is 0.626. The molecular weight excluding hydrogens is 290 g/mol. The Labute approximate surface area is 115 Å². The van der Waals surface area contributed by atoms with Gasteiger partial charge in [-0.05, 0) is 6.07 Å². The second-order valence-corrected chi connectivity index (χ2v) is 4.45. The molecule has 10 heteroatoms. The number of carbonyl (C=O) groups is 2. The molecule has 0 aromatic carbocycles. The molecule has 2 rings (SSSR count). The Morgan fingerprint density at radius 2 is 2.25 bits per heavy atom. The topological polar surface area (TPSA) is 136 Å². The number of aromatic carboxylic acids is 1. The second-order valence-electron chi connectivity index (χ2n) is 3.51. The smallest absolute Gasteiger partial charge is 0.433 e. The Morgan fingerprint density at radius 3 is 2.80 bits per heavy atom. The number of rotatable bonds is 5. The number of hydrogen-bond donors (Lipinski definition) is 2. The van der Waals surface area contributed by atoms with Crippen LogP contribution in [0.15, 0.2) is 21.9 Å². The third kappa shape index (κ3) is 2.98. The largest absolute Gasteiger partial charge is 0.476 e. The Hall–Kier alpha value is -2.75. The molecule has 9 nitrogen and oxygen atoms in total. The lowest BCUT2D eigenvalue weighted by Gasteiger charge is -1.98. The maximum atomic E-state index is 11.6. The predicted octanol–water partition coefficient (Wildman–Crippen LogP) is 1.27. The van der Waals surface area contributed by atoms with E-state index in [1.807, 2.05) is 0 Å². The van der Waals surface area contributed by atoms with Crippen molar-refractivity contribution >= 4 is 29.1 Å². The lowest BCUT2D eigenvalue weighted by Crippen LogP contribution is -2.22. The SMILES string of the molecule is O=C(O)c1csc(CNC(=O)c2ccc([N+](=O)[O-])o2)n1. The van der Waals surface area contributed by atoms with Gasteiger partial charge in [0.15, 0.2) is 11.5 Å². The van der Waals surface area contributed by atoms with Crippen molar-refractivity contribution in [2.45, 2.75) is 6.54 Å². The van der Waals surface area contributed by atoms with Crippen LogP contribution in [-0.4, -0.2) is 26.9 Å². The third-order valence-corrected chi connectivity index (χ3v) is 3.02. The van der Waals surface area contributed by atoms with Gasteiger partial charge in [0, 0.05) is 5.38 Å². The van der Waals surface area contributed by atoms with Gasteiger partial charge in [-0.1, -0.05) is 0 Å². The molecule has 2 aromatic rings. The van der Waals surface area contributed by atoms with E-state index in [0.717, 1.165) is 17.4 Å². The van der Waals surface area contributed by atoms with Crippen LogP contribution < -0.4 is 5.32 Å². The molecule has 2 N–H and O–H groups in total. The summed E-state index contributed by atoms with van der Waals surface area (Å²) in [5, 5.41) is 23.3. The molecule has 0 bridgehead atoms. The molecule has 104 valence electrons. The maximum absolute atomic E-state index is 11.6. The second kappa shape index (κ2) is 5.48. The van der Waals surface area contributed by atoms with Crippen LogP contribution in [0.3, 0.4) is 0 Å². The number of carboxylic acid groups (broad SMARTS) is 1. The summed E-state index contributed by atoms with van der Waals surface area (Å²) >= 11 is 1.08. The monoisotopic (exact) mass is 297 g/mol. The highest BCUT2D eigenvalue weighted by Crippen LogP contribution is 2.16. The first-order valence-electron chi connectivity index (χ1n) is 5.17. The van der Waals surface area contributed by atoms with Gasteiger partial charge in [0.25, 0.3) is 5.91 Å². The van der Waals surface area contributed by atoms with Gasteiger partial charge in [-0.3, -0.25) is 14.9 Å². The van der Waals surface area contributed by atoms with Gasteiger partial charge in [0.1, 0.15) is 9.93 Å². The van der Waals surface area contributed by atoms with Gasteiger partial charge in [0.05, 0.1) is 12.6 Å². The average molecular weight is 297 g/mol. The number of nitrogens with zero attached hydrogens (tertiary/aromatic N) is 2. The van der Waals surface area contributed by atoms with Crippen LogP contribution >= 0.6 is 11.3 Å². The minimum absolute atomic E-state index is 0.00524. The van der Waals surface area contributed by atoms with Crippen molar-refractivity contribution in [1.82, 2.24) is 10.3 Å². The Morgan fingerprint density at radius 1 is 1.50 bits per heavy atom. The van der Waals surface area contributed by atoms with E-state index in [-0.39, 0.29) is 18.0 Å². The average Bonchev–Trinajstić information content (AvgIpc) is 3.05. The lowest BCUT2D eigenvalue weighted by atomic mass is 10.4. The molecule has 2 aromatic heterocycles. The molecular formula is C10H7N3O6S. The van der Waals surface area contributed by atoms with Crippen molar-refractivity contribution < 1.29 is 24.0 Å². The number of nitrogens with one attached hydrogen (secondary N) is 1. The number of nitro groups is 1. The standard InChI is InChI=1S/C10H7N3O6S/c14-9(6-1-2-8(19-6)13(17)18)11-3-7-12-5(4-20-7)10(15)16/h1-2,4H,3H2,(H,11,14)(H,15,16). The van der Waals surface area contributed by atoms with Crippen LogP contribution in [0.4, 0.5) is 5.88 Å². The summed E-state index contributed by atoms with van der Waals surface area (Å²) in [6.07, 6.45) is 0. The first-order valence-corrected chi connectivity index (χ1v) is 6.05. The van der Waals surface area contributed by atoms with Crippen molar-refractivity contribution in [2.24, 2.45) is 0 Å². The van der Waals surface area contributed by atoms with Crippen molar-refractivity contribution in [2.75, 3.05) is 0 Å². The summed E-state index contributed by atoms with van der Waals surface area (Å²) in [6, 6.07) is 2.25. The highest BCUT2D eigenvalue weighted by molar-refractivity contribution is 7.09. The molecule has 0 saturated carbocycles. The zero-order chi connectivity index (χ0) is 14.7. The molecule has 0 aliphatic heterocycles. The molecule has 0 unspecified atom stereocenters. The van der Waals surface area contributed by atoms with Crippen molar-refractivity contribution in [1.29, 1.82) is 0 Å². The summed E-state index contributed by atoms with van der Waals surface area (Å²) in [6.45, 7) is 0.00524. The first-order chi connectivity index (χ1) is 9.47. The number of hydrogen-bond acceptors (Lipinski definition) is 7. The fraction of sp³-hybridized carbons (Fsp3) is 0.100. The van der Waals surface area contributed by atoms with E-state index in [2.05, 4.69) is 10.3 Å². The van der Waals surface area contributed by atoms with Crippen molar-refractivity contribution in [3.05, 3.63) is 44.1 Å². The van der Waals surface area contributed by atoms with E-state index in [1.54, 1.807) is 0 Å². The van der Waals surface area contributed by atoms with Gasteiger partial charge in [-0.25, -0.2) is 9.78 Å². The Balaban J connectivity index is 1.97. The minimum Gasteiger partial charge on any atom is -0.476 e. The Bertz CT molecular complexity index is 676. The summed E-state index contributed by atoms with van der Waals surface area (Å²) in [5.74, 6) is -2.53. The van der Waals surface area contributed by atoms with Gasteiger partial charge in [-0.15, -0.1) is 11.3 Å². The maximum Gasteiger partial charge on any atom is 0.433 e. The van der Waals surface area contributed by atoms with E-state index in [9.17, 15) is 19.7 Å². The first kappa shape index (κ1) is 13.7. The number of amides is 1. The minimum atomic E-state index is -1.15. The fourth-order valence-corrected chi connectivity index (χ4v) is 1.99. The number of thiazole rings is 1. The van der Waals surface area contributed by atoms with Crippen LogP contribution in [0, 0.1) is 10.1 Å². The summed E-state index contributed by atoms with van der Waals surface area (Å²) in [7, 11) is 0. The molecule has 0 aliphatic carbocycles.